The summed E-state index contributed by atoms with van der Waals surface area (Å²) in [4.78, 5) is 27.0. The minimum absolute atomic E-state index is 0.161. The third-order valence-corrected chi connectivity index (χ3v) is 6.43. The number of nitrogens with one attached hydrogen (secondary N) is 1. The first-order valence-electron chi connectivity index (χ1n) is 10.4. The van der Waals surface area contributed by atoms with Gasteiger partial charge in [0.1, 0.15) is 0 Å². The van der Waals surface area contributed by atoms with Crippen molar-refractivity contribution < 1.29 is 4.79 Å². The average Bonchev–Trinajstić information content (AvgIpc) is 3.12. The van der Waals surface area contributed by atoms with E-state index in [0.717, 1.165) is 56.8 Å². The van der Waals surface area contributed by atoms with Crippen LogP contribution in [0.2, 0.25) is 0 Å². The Morgan fingerprint density at radius 2 is 2.07 bits per heavy atom. The number of fused-ring (bicyclic) bond motifs is 1. The first kappa shape index (κ1) is 20.0. The second-order valence-electron chi connectivity index (χ2n) is 8.61. The van der Waals surface area contributed by atoms with E-state index in [2.05, 4.69) is 43.4 Å². The molecule has 0 aromatic carbocycles. The zero-order valence-electron chi connectivity index (χ0n) is 17.6. The van der Waals surface area contributed by atoms with E-state index >= 15 is 0 Å². The third kappa shape index (κ3) is 4.18. The number of aromatic nitrogens is 4. The van der Waals surface area contributed by atoms with Crippen LogP contribution in [0.3, 0.4) is 0 Å². The molecule has 2 fully saturated rings. The Bertz CT molecular complexity index is 849. The lowest BCUT2D eigenvalue weighted by molar-refractivity contribution is -0.145. The molecule has 0 spiro atoms. The molecule has 29 heavy (non-hydrogen) atoms. The van der Waals surface area contributed by atoms with E-state index in [1.165, 1.54) is 5.56 Å². The van der Waals surface area contributed by atoms with Crippen LogP contribution in [0.1, 0.15) is 36.2 Å². The number of amides is 1. The summed E-state index contributed by atoms with van der Waals surface area (Å²) < 4.78 is 1.84. The fourth-order valence-corrected chi connectivity index (χ4v) is 4.84. The molecular formula is C21H31N7O. The number of nitrogens with zero attached hydrogens (tertiary/aromatic N) is 6. The predicted molar refractivity (Wildman–Crippen MR) is 110 cm³/mol. The summed E-state index contributed by atoms with van der Waals surface area (Å²) in [5, 5.41) is 7.49. The lowest BCUT2D eigenvalue weighted by Crippen LogP contribution is -2.65. The van der Waals surface area contributed by atoms with E-state index in [1.54, 1.807) is 12.4 Å². The van der Waals surface area contributed by atoms with Crippen LogP contribution >= 0.6 is 0 Å². The van der Waals surface area contributed by atoms with Crippen molar-refractivity contribution in [1.82, 2.24) is 34.9 Å². The molecule has 2 saturated heterocycles. The van der Waals surface area contributed by atoms with E-state index in [9.17, 15) is 4.79 Å². The molecule has 2 aromatic heterocycles. The lowest BCUT2D eigenvalue weighted by Gasteiger charge is -2.53. The Kier molecular flexibility index (Phi) is 5.65. The molecule has 8 heteroatoms. The topological polar surface area (TPSA) is 79.2 Å². The number of carbonyl (C=O) groups is 1. The zero-order valence-corrected chi connectivity index (χ0v) is 17.6. The average molecular weight is 398 g/mol. The van der Waals surface area contributed by atoms with Crippen molar-refractivity contribution in [3.63, 3.8) is 0 Å². The van der Waals surface area contributed by atoms with Crippen LogP contribution in [-0.4, -0.2) is 68.2 Å². The smallest absolute Gasteiger partial charge is 0.228 e. The van der Waals surface area contributed by atoms with Crippen molar-refractivity contribution in [2.75, 3.05) is 26.7 Å². The number of hydrogen-bond donors (Lipinski definition) is 1. The number of rotatable bonds is 5. The van der Waals surface area contributed by atoms with Gasteiger partial charge < -0.3 is 10.2 Å². The molecule has 1 amide bonds. The third-order valence-electron chi connectivity index (χ3n) is 6.43. The highest BCUT2D eigenvalue weighted by atomic mass is 16.2. The van der Waals surface area contributed by atoms with Gasteiger partial charge in [0.2, 0.25) is 5.91 Å². The molecule has 156 valence electrons. The highest BCUT2D eigenvalue weighted by Crippen LogP contribution is 2.43. The number of piperidine rings is 2. The monoisotopic (exact) mass is 397 g/mol. The molecule has 0 unspecified atom stereocenters. The second-order valence-corrected chi connectivity index (χ2v) is 8.61. The SMILES string of the molecule is Cc1cnc(CNC(=O)[C@@]23CCCN(Cc4cnn(C)c4)[C@H]2CN(C)CC3)cn1. The Hall–Kier alpha value is -2.32. The summed E-state index contributed by atoms with van der Waals surface area (Å²) in [6.07, 6.45) is 10.4. The molecule has 4 heterocycles. The molecule has 2 aliphatic rings. The molecule has 0 aliphatic carbocycles. The molecule has 0 bridgehead atoms. The van der Waals surface area contributed by atoms with E-state index in [4.69, 9.17) is 0 Å². The molecule has 2 aliphatic heterocycles. The van der Waals surface area contributed by atoms with Crippen molar-refractivity contribution in [3.8, 4) is 0 Å². The Labute approximate surface area is 172 Å². The number of likely N-dealkylation sites (tertiary alicyclic amines) is 2. The van der Waals surface area contributed by atoms with E-state index in [-0.39, 0.29) is 17.4 Å². The van der Waals surface area contributed by atoms with Crippen molar-refractivity contribution in [3.05, 3.63) is 41.7 Å². The quantitative estimate of drug-likeness (QED) is 0.815. The second kappa shape index (κ2) is 8.20. The predicted octanol–water partition coefficient (Wildman–Crippen LogP) is 1.12. The summed E-state index contributed by atoms with van der Waals surface area (Å²) >= 11 is 0. The summed E-state index contributed by atoms with van der Waals surface area (Å²) in [5.74, 6) is 0.161. The van der Waals surface area contributed by atoms with Gasteiger partial charge in [0.25, 0.3) is 0 Å². The van der Waals surface area contributed by atoms with Crippen LogP contribution in [-0.2, 0) is 24.9 Å². The van der Waals surface area contributed by atoms with Crippen LogP contribution in [0.25, 0.3) is 0 Å². The number of carbonyl (C=O) groups excluding carboxylic acids is 1. The van der Waals surface area contributed by atoms with Crippen LogP contribution in [0.5, 0.6) is 0 Å². The fourth-order valence-electron chi connectivity index (χ4n) is 4.84. The standard InChI is InChI=1S/C21H31N7O/c1-16-9-23-18(11-22-16)12-24-20(29)21-5-4-7-28(14-17-10-25-27(3)13-17)19(21)15-26(2)8-6-21/h9-11,13,19H,4-8,12,14-15H2,1-3H3,(H,24,29)/t19-,21+/m0/s1. The van der Waals surface area contributed by atoms with Gasteiger partial charge in [-0.1, -0.05) is 0 Å². The minimum Gasteiger partial charge on any atom is -0.350 e. The van der Waals surface area contributed by atoms with E-state index < -0.39 is 0 Å². The van der Waals surface area contributed by atoms with Gasteiger partial charge in [0, 0.05) is 44.1 Å². The first-order valence-corrected chi connectivity index (χ1v) is 10.4. The van der Waals surface area contributed by atoms with Gasteiger partial charge in [-0.2, -0.15) is 5.10 Å². The molecule has 0 radical (unpaired) electrons. The Morgan fingerprint density at radius 1 is 1.21 bits per heavy atom. The van der Waals surface area contributed by atoms with Crippen molar-refractivity contribution in [2.45, 2.75) is 45.3 Å². The van der Waals surface area contributed by atoms with Crippen molar-refractivity contribution in [2.24, 2.45) is 12.5 Å². The summed E-state index contributed by atoms with van der Waals surface area (Å²) in [5.41, 5.74) is 2.54. The molecule has 0 saturated carbocycles. The molecule has 8 nitrogen and oxygen atoms in total. The zero-order chi connectivity index (χ0) is 20.4. The number of likely N-dealkylation sites (N-methyl/N-ethyl adjacent to an activating group) is 1. The maximum Gasteiger partial charge on any atom is 0.228 e. The highest BCUT2D eigenvalue weighted by Gasteiger charge is 2.52. The van der Waals surface area contributed by atoms with E-state index in [0.29, 0.717) is 6.54 Å². The van der Waals surface area contributed by atoms with E-state index in [1.807, 2.05) is 24.9 Å². The number of aryl methyl sites for hydroxylation is 2. The molecular weight excluding hydrogens is 366 g/mol. The number of hydrogen-bond acceptors (Lipinski definition) is 6. The van der Waals surface area contributed by atoms with Gasteiger partial charge in [0.05, 0.1) is 35.7 Å². The van der Waals surface area contributed by atoms with Crippen LogP contribution in [0.15, 0.2) is 24.8 Å². The summed E-state index contributed by atoms with van der Waals surface area (Å²) in [7, 11) is 4.10. The van der Waals surface area contributed by atoms with Gasteiger partial charge in [-0.3, -0.25) is 24.3 Å². The summed E-state index contributed by atoms with van der Waals surface area (Å²) in [6, 6.07) is 0.208. The highest BCUT2D eigenvalue weighted by molar-refractivity contribution is 5.83. The largest absolute Gasteiger partial charge is 0.350 e. The molecule has 4 rings (SSSR count). The lowest BCUT2D eigenvalue weighted by atomic mass is 9.67. The van der Waals surface area contributed by atoms with Crippen molar-refractivity contribution >= 4 is 5.91 Å². The minimum atomic E-state index is -0.342. The molecule has 2 aromatic rings. The van der Waals surface area contributed by atoms with Gasteiger partial charge in [-0.25, -0.2) is 0 Å². The van der Waals surface area contributed by atoms with Crippen LogP contribution in [0.4, 0.5) is 0 Å². The van der Waals surface area contributed by atoms with Crippen LogP contribution < -0.4 is 5.32 Å². The fraction of sp³-hybridized carbons (Fsp3) is 0.619. The normalized spacial score (nSPS) is 25.6. The van der Waals surface area contributed by atoms with Gasteiger partial charge in [0.15, 0.2) is 0 Å². The van der Waals surface area contributed by atoms with Gasteiger partial charge in [-0.15, -0.1) is 0 Å². The Morgan fingerprint density at radius 3 is 2.79 bits per heavy atom. The first-order chi connectivity index (χ1) is 14.0. The maximum atomic E-state index is 13.5. The van der Waals surface area contributed by atoms with Crippen molar-refractivity contribution in [1.29, 1.82) is 0 Å². The Balaban J connectivity index is 1.51. The maximum absolute atomic E-state index is 13.5. The molecule has 2 atom stereocenters. The molecule has 1 N–H and O–H groups in total. The van der Waals surface area contributed by atoms with Gasteiger partial charge in [-0.05, 0) is 46.3 Å². The summed E-state index contributed by atoms with van der Waals surface area (Å²) in [6.45, 7) is 6.07. The van der Waals surface area contributed by atoms with Crippen LogP contribution in [0, 0.1) is 12.3 Å². The van der Waals surface area contributed by atoms with Gasteiger partial charge >= 0.3 is 0 Å².